The monoisotopic (exact) mass is 450 g/mol. The Morgan fingerprint density at radius 1 is 0.879 bits per heavy atom. The molecule has 1 fully saturated rings. The molecule has 33 heavy (non-hydrogen) atoms. The predicted molar refractivity (Wildman–Crippen MR) is 118 cm³/mol. The summed E-state index contributed by atoms with van der Waals surface area (Å²) in [6.45, 7) is 3.09. The molecule has 2 aromatic carbocycles. The minimum absolute atomic E-state index is 0.197. The average molecular weight is 450 g/mol. The molecule has 0 saturated carbocycles. The molecule has 0 radical (unpaired) electrons. The van der Waals surface area contributed by atoms with Crippen molar-refractivity contribution in [2.24, 2.45) is 0 Å². The molecule has 1 aliphatic carbocycles. The first-order valence-corrected chi connectivity index (χ1v) is 11.1. The van der Waals surface area contributed by atoms with Gasteiger partial charge in [-0.3, -0.25) is 9.59 Å². The van der Waals surface area contributed by atoms with Crippen LogP contribution in [0.4, 0.5) is 8.78 Å². The van der Waals surface area contributed by atoms with E-state index in [1.54, 1.807) is 51.7 Å². The molecular weight excluding hydrogens is 426 g/mol. The summed E-state index contributed by atoms with van der Waals surface area (Å²) < 4.78 is 29.8. The number of carbonyl (C=O) groups excluding carboxylic acids is 2. The summed E-state index contributed by atoms with van der Waals surface area (Å²) in [7, 11) is 0. The van der Waals surface area contributed by atoms with Gasteiger partial charge in [-0.05, 0) is 56.0 Å². The van der Waals surface area contributed by atoms with E-state index in [0.717, 1.165) is 30.5 Å². The number of rotatable bonds is 3. The van der Waals surface area contributed by atoms with E-state index in [9.17, 15) is 18.4 Å². The second kappa shape index (κ2) is 8.42. The Morgan fingerprint density at radius 2 is 1.58 bits per heavy atom. The van der Waals surface area contributed by atoms with Crippen LogP contribution in [0.3, 0.4) is 0 Å². The van der Waals surface area contributed by atoms with Crippen LogP contribution in [0, 0.1) is 18.6 Å². The van der Waals surface area contributed by atoms with Gasteiger partial charge >= 0.3 is 0 Å². The van der Waals surface area contributed by atoms with Crippen LogP contribution in [-0.2, 0) is 12.8 Å². The molecular formula is C25H24F2N4O2. The van der Waals surface area contributed by atoms with Crippen LogP contribution >= 0.6 is 0 Å². The Kier molecular flexibility index (Phi) is 5.44. The van der Waals surface area contributed by atoms with Crippen LogP contribution in [0.15, 0.2) is 42.5 Å². The zero-order valence-corrected chi connectivity index (χ0v) is 18.4. The van der Waals surface area contributed by atoms with Crippen LogP contribution in [0.1, 0.15) is 44.1 Å². The van der Waals surface area contributed by atoms with Crippen LogP contribution in [0.5, 0.6) is 0 Å². The van der Waals surface area contributed by atoms with Crippen molar-refractivity contribution < 1.29 is 18.4 Å². The number of hydrogen-bond acceptors (Lipinski definition) is 3. The third-order valence-electron chi connectivity index (χ3n) is 6.49. The van der Waals surface area contributed by atoms with Gasteiger partial charge in [0.05, 0.1) is 0 Å². The Balaban J connectivity index is 1.33. The van der Waals surface area contributed by atoms with Gasteiger partial charge in [-0.15, -0.1) is 0 Å². The SMILES string of the molecule is Cc1ccc(C(=O)N2CCN(C(=O)c3nn(-c4ccccc4F)c4c3CCC4)CC2)cc1F. The average Bonchev–Trinajstić information content (AvgIpc) is 3.44. The molecule has 2 aliphatic rings. The molecule has 2 amide bonds. The topological polar surface area (TPSA) is 58.4 Å². The van der Waals surface area contributed by atoms with Crippen LogP contribution in [0.2, 0.25) is 0 Å². The minimum Gasteiger partial charge on any atom is -0.335 e. The fourth-order valence-corrected chi connectivity index (χ4v) is 4.60. The number of nitrogens with zero attached hydrogens (tertiary/aromatic N) is 4. The number of aryl methyl sites for hydroxylation is 1. The maximum absolute atomic E-state index is 14.4. The van der Waals surface area contributed by atoms with E-state index in [-0.39, 0.29) is 17.6 Å². The number of aromatic nitrogens is 2. The lowest BCUT2D eigenvalue weighted by Crippen LogP contribution is -2.50. The predicted octanol–water partition coefficient (Wildman–Crippen LogP) is 3.55. The molecule has 1 aromatic heterocycles. The van der Waals surface area contributed by atoms with Crippen molar-refractivity contribution in [2.45, 2.75) is 26.2 Å². The van der Waals surface area contributed by atoms with Gasteiger partial charge < -0.3 is 9.80 Å². The lowest BCUT2D eigenvalue weighted by molar-refractivity contribution is 0.0531. The maximum Gasteiger partial charge on any atom is 0.274 e. The summed E-state index contributed by atoms with van der Waals surface area (Å²) in [5.74, 6) is -1.23. The van der Waals surface area contributed by atoms with Crippen molar-refractivity contribution >= 4 is 11.8 Å². The standard InChI is InChI=1S/C25H24F2N4O2/c1-16-9-10-17(15-20(16)27)24(32)29-11-13-30(14-12-29)25(33)23-18-5-4-8-21(18)31(28-23)22-7-3-2-6-19(22)26/h2-3,6-7,9-10,15H,4-5,8,11-14H2,1H3. The number of hydrogen-bond donors (Lipinski definition) is 0. The van der Waals surface area contributed by atoms with Crippen molar-refractivity contribution in [2.75, 3.05) is 26.2 Å². The lowest BCUT2D eigenvalue weighted by atomic mass is 10.1. The molecule has 2 heterocycles. The number of amides is 2. The minimum atomic E-state index is -0.408. The highest BCUT2D eigenvalue weighted by Gasteiger charge is 2.32. The van der Waals surface area contributed by atoms with E-state index in [4.69, 9.17) is 0 Å². The molecule has 0 atom stereocenters. The fourth-order valence-electron chi connectivity index (χ4n) is 4.60. The molecule has 5 rings (SSSR count). The van der Waals surface area contributed by atoms with Crippen molar-refractivity contribution in [3.05, 3.63) is 82.2 Å². The summed E-state index contributed by atoms with van der Waals surface area (Å²) in [6.07, 6.45) is 2.39. The maximum atomic E-state index is 14.4. The van der Waals surface area contributed by atoms with E-state index in [2.05, 4.69) is 5.10 Å². The van der Waals surface area contributed by atoms with Gasteiger partial charge in [-0.1, -0.05) is 18.2 Å². The first kappa shape index (κ1) is 21.3. The fraction of sp³-hybridized carbons (Fsp3) is 0.320. The van der Waals surface area contributed by atoms with Gasteiger partial charge in [0.1, 0.15) is 17.3 Å². The molecule has 170 valence electrons. The van der Waals surface area contributed by atoms with Crippen LogP contribution in [-0.4, -0.2) is 57.6 Å². The quantitative estimate of drug-likeness (QED) is 0.613. The van der Waals surface area contributed by atoms with E-state index >= 15 is 0 Å². The Hall–Kier alpha value is -3.55. The highest BCUT2D eigenvalue weighted by Crippen LogP contribution is 2.29. The van der Waals surface area contributed by atoms with Crippen molar-refractivity contribution in [1.82, 2.24) is 19.6 Å². The Morgan fingerprint density at radius 3 is 2.27 bits per heavy atom. The van der Waals surface area contributed by atoms with Gasteiger partial charge in [0.2, 0.25) is 0 Å². The Bertz CT molecular complexity index is 1250. The van der Waals surface area contributed by atoms with Gasteiger partial charge in [-0.25, -0.2) is 13.5 Å². The van der Waals surface area contributed by atoms with E-state index in [0.29, 0.717) is 48.7 Å². The third-order valence-corrected chi connectivity index (χ3v) is 6.49. The number of halogens is 2. The molecule has 1 aliphatic heterocycles. The van der Waals surface area contributed by atoms with Gasteiger partial charge in [0.15, 0.2) is 5.69 Å². The van der Waals surface area contributed by atoms with Crippen LogP contribution in [0.25, 0.3) is 5.69 Å². The van der Waals surface area contributed by atoms with Gasteiger partial charge in [0.25, 0.3) is 11.8 Å². The van der Waals surface area contributed by atoms with Crippen LogP contribution < -0.4 is 0 Å². The summed E-state index contributed by atoms with van der Waals surface area (Å²) in [5.41, 5.74) is 3.28. The molecule has 0 bridgehead atoms. The zero-order valence-electron chi connectivity index (χ0n) is 18.4. The summed E-state index contributed by atoms with van der Waals surface area (Å²) >= 11 is 0. The largest absolute Gasteiger partial charge is 0.335 e. The summed E-state index contributed by atoms with van der Waals surface area (Å²) in [6, 6.07) is 10.9. The molecule has 8 heteroatoms. The normalized spacial score (nSPS) is 15.6. The van der Waals surface area contributed by atoms with Crippen molar-refractivity contribution in [1.29, 1.82) is 0 Å². The van der Waals surface area contributed by atoms with E-state index < -0.39 is 5.82 Å². The molecule has 3 aromatic rings. The molecule has 0 N–H and O–H groups in total. The van der Waals surface area contributed by atoms with E-state index in [1.165, 1.54) is 12.1 Å². The van der Waals surface area contributed by atoms with Gasteiger partial charge in [0, 0.05) is 43.0 Å². The second-order valence-corrected chi connectivity index (χ2v) is 8.54. The smallest absolute Gasteiger partial charge is 0.274 e. The summed E-state index contributed by atoms with van der Waals surface area (Å²) in [5, 5.41) is 4.52. The highest BCUT2D eigenvalue weighted by molar-refractivity contribution is 5.96. The number of piperazine rings is 1. The molecule has 6 nitrogen and oxygen atoms in total. The summed E-state index contributed by atoms with van der Waals surface area (Å²) in [4.78, 5) is 29.4. The number of fused-ring (bicyclic) bond motifs is 1. The first-order chi connectivity index (χ1) is 15.9. The zero-order chi connectivity index (χ0) is 23.1. The highest BCUT2D eigenvalue weighted by atomic mass is 19.1. The molecule has 0 unspecified atom stereocenters. The number of carbonyl (C=O) groups is 2. The number of benzene rings is 2. The lowest BCUT2D eigenvalue weighted by Gasteiger charge is -2.34. The third kappa shape index (κ3) is 3.79. The molecule has 0 spiro atoms. The Labute approximate surface area is 190 Å². The number of para-hydroxylation sites is 1. The van der Waals surface area contributed by atoms with E-state index in [1.807, 2.05) is 0 Å². The molecule has 1 saturated heterocycles. The van der Waals surface area contributed by atoms with Crippen molar-refractivity contribution in [3.8, 4) is 5.69 Å². The van der Waals surface area contributed by atoms with Crippen molar-refractivity contribution in [3.63, 3.8) is 0 Å². The first-order valence-electron chi connectivity index (χ1n) is 11.1. The second-order valence-electron chi connectivity index (χ2n) is 8.54. The van der Waals surface area contributed by atoms with Gasteiger partial charge in [-0.2, -0.15) is 5.10 Å².